The van der Waals surface area contributed by atoms with Crippen molar-refractivity contribution in [3.63, 3.8) is 0 Å². The predicted molar refractivity (Wildman–Crippen MR) is 77.5 cm³/mol. The van der Waals surface area contributed by atoms with Crippen molar-refractivity contribution < 1.29 is 35.5 Å². The fraction of sp³-hybridized carbons (Fsp3) is 0.133. The number of halogens is 8. The maximum absolute atomic E-state index is 13.6. The van der Waals surface area contributed by atoms with E-state index in [0.29, 0.717) is 6.07 Å². The molecule has 0 aliphatic heterocycles. The molecule has 0 spiro atoms. The summed E-state index contributed by atoms with van der Waals surface area (Å²) < 4.78 is 95.7. The van der Waals surface area contributed by atoms with Gasteiger partial charge in [-0.25, -0.2) is 13.8 Å². The van der Waals surface area contributed by atoms with E-state index < -0.39 is 35.3 Å². The molecule has 1 aromatic heterocycles. The smallest absolute Gasteiger partial charge is 0.453 e. The summed E-state index contributed by atoms with van der Waals surface area (Å²) >= 11 is 5.87. The second-order valence-corrected chi connectivity index (χ2v) is 5.54. The Bertz CT molecular complexity index is 984. The van der Waals surface area contributed by atoms with E-state index in [9.17, 15) is 30.7 Å². The Balaban J connectivity index is 2.02. The number of rotatable bonds is 3. The predicted octanol–water partition coefficient (Wildman–Crippen LogP) is 5.94. The van der Waals surface area contributed by atoms with Gasteiger partial charge in [-0.1, -0.05) is 11.6 Å². The van der Waals surface area contributed by atoms with Gasteiger partial charge in [0.15, 0.2) is 17.4 Å². The topological polar surface area (TPSA) is 37.9 Å². The van der Waals surface area contributed by atoms with Crippen molar-refractivity contribution in [3.05, 3.63) is 52.8 Å². The van der Waals surface area contributed by atoms with Gasteiger partial charge in [0.25, 0.3) is 0 Å². The average Bonchev–Trinajstić information content (AvgIpc) is 2.92. The first kappa shape index (κ1) is 18.3. The fourth-order valence-electron chi connectivity index (χ4n) is 2.05. The average molecular weight is 399 g/mol. The van der Waals surface area contributed by atoms with Gasteiger partial charge < -0.3 is 9.72 Å². The lowest BCUT2D eigenvalue weighted by atomic mass is 10.3. The van der Waals surface area contributed by atoms with Crippen LogP contribution in [0.1, 0.15) is 5.82 Å². The standard InChI is InChI=1S/C15H6ClF7N2O/c16-7-4-9-10(25-13(24-9)14(19,20)15(21,22)23)5-12(7)26-11-2-1-6(17)3-8(11)18/h1-5H,(H,24,25). The van der Waals surface area contributed by atoms with Crippen molar-refractivity contribution in [1.82, 2.24) is 9.97 Å². The molecule has 11 heteroatoms. The van der Waals surface area contributed by atoms with Crippen molar-refractivity contribution >= 4 is 22.6 Å². The molecule has 138 valence electrons. The Morgan fingerprint density at radius 1 is 0.962 bits per heavy atom. The third-order valence-corrected chi connectivity index (χ3v) is 3.60. The molecule has 0 aliphatic rings. The van der Waals surface area contributed by atoms with Crippen LogP contribution in [0.5, 0.6) is 11.5 Å². The van der Waals surface area contributed by atoms with Gasteiger partial charge in [-0.05, 0) is 18.2 Å². The van der Waals surface area contributed by atoms with Gasteiger partial charge in [-0.15, -0.1) is 0 Å². The molecule has 0 aliphatic carbocycles. The molecule has 0 saturated carbocycles. The van der Waals surface area contributed by atoms with Crippen LogP contribution in [0.4, 0.5) is 30.7 Å². The van der Waals surface area contributed by atoms with Crippen molar-refractivity contribution in [3.8, 4) is 11.5 Å². The lowest BCUT2D eigenvalue weighted by Gasteiger charge is -2.16. The minimum Gasteiger partial charge on any atom is -0.453 e. The highest BCUT2D eigenvalue weighted by Crippen LogP contribution is 2.43. The molecular formula is C15H6ClF7N2O. The van der Waals surface area contributed by atoms with E-state index in [1.807, 2.05) is 4.98 Å². The van der Waals surface area contributed by atoms with Gasteiger partial charge in [0, 0.05) is 12.1 Å². The highest BCUT2D eigenvalue weighted by Gasteiger charge is 2.61. The number of H-pyrrole nitrogens is 1. The summed E-state index contributed by atoms with van der Waals surface area (Å²) in [5.41, 5.74) is -0.522. The van der Waals surface area contributed by atoms with E-state index in [1.165, 1.54) is 0 Å². The van der Waals surface area contributed by atoms with Gasteiger partial charge in [-0.2, -0.15) is 22.0 Å². The van der Waals surface area contributed by atoms with Gasteiger partial charge in [0.05, 0.1) is 16.1 Å². The largest absolute Gasteiger partial charge is 0.461 e. The molecular weight excluding hydrogens is 393 g/mol. The van der Waals surface area contributed by atoms with E-state index in [4.69, 9.17) is 16.3 Å². The van der Waals surface area contributed by atoms with Gasteiger partial charge in [0.2, 0.25) is 0 Å². The van der Waals surface area contributed by atoms with E-state index >= 15 is 0 Å². The number of imidazole rings is 1. The number of benzene rings is 2. The molecule has 3 aromatic rings. The summed E-state index contributed by atoms with van der Waals surface area (Å²) in [5, 5.41) is -0.227. The zero-order valence-corrected chi connectivity index (χ0v) is 13.0. The highest BCUT2D eigenvalue weighted by atomic mass is 35.5. The van der Waals surface area contributed by atoms with Crippen LogP contribution in [0.3, 0.4) is 0 Å². The molecule has 0 bridgehead atoms. The summed E-state index contributed by atoms with van der Waals surface area (Å²) in [4.78, 5) is 5.05. The van der Waals surface area contributed by atoms with Crippen LogP contribution in [0.15, 0.2) is 30.3 Å². The van der Waals surface area contributed by atoms with Gasteiger partial charge >= 0.3 is 12.1 Å². The second-order valence-electron chi connectivity index (χ2n) is 5.13. The number of ether oxygens (including phenoxy) is 1. The molecule has 0 radical (unpaired) electrons. The van der Waals surface area contributed by atoms with Crippen molar-refractivity contribution in [1.29, 1.82) is 0 Å². The molecule has 26 heavy (non-hydrogen) atoms. The third-order valence-electron chi connectivity index (χ3n) is 3.30. The van der Waals surface area contributed by atoms with Crippen LogP contribution in [0.25, 0.3) is 11.0 Å². The number of nitrogens with one attached hydrogen (secondary N) is 1. The summed E-state index contributed by atoms with van der Waals surface area (Å²) in [6.07, 6.45) is -5.85. The first-order valence-corrected chi connectivity index (χ1v) is 7.14. The second kappa shape index (κ2) is 6.04. The Labute approximate surface area is 145 Å². The molecule has 3 nitrogen and oxygen atoms in total. The minimum absolute atomic E-state index is 0.227. The van der Waals surface area contributed by atoms with Crippen LogP contribution in [0.2, 0.25) is 5.02 Å². The van der Waals surface area contributed by atoms with E-state index in [1.54, 1.807) is 0 Å². The number of hydrogen-bond acceptors (Lipinski definition) is 2. The van der Waals surface area contributed by atoms with Crippen molar-refractivity contribution in [2.75, 3.05) is 0 Å². The Morgan fingerprint density at radius 3 is 2.27 bits per heavy atom. The number of fused-ring (bicyclic) bond motifs is 1. The molecule has 1 heterocycles. The van der Waals surface area contributed by atoms with Crippen LogP contribution >= 0.6 is 11.6 Å². The Kier molecular flexibility index (Phi) is 4.26. The molecule has 0 atom stereocenters. The lowest BCUT2D eigenvalue weighted by Crippen LogP contribution is -2.34. The maximum atomic E-state index is 13.6. The zero-order chi connectivity index (χ0) is 19.3. The molecule has 0 unspecified atom stereocenters. The van der Waals surface area contributed by atoms with E-state index in [0.717, 1.165) is 24.3 Å². The first-order chi connectivity index (χ1) is 12.0. The van der Waals surface area contributed by atoms with Gasteiger partial charge in [-0.3, -0.25) is 0 Å². The molecule has 1 N–H and O–H groups in total. The molecule has 0 saturated heterocycles. The fourth-order valence-corrected chi connectivity index (χ4v) is 2.25. The summed E-state index contributed by atoms with van der Waals surface area (Å²) in [6, 6.07) is 4.36. The maximum Gasteiger partial charge on any atom is 0.461 e. The minimum atomic E-state index is -5.85. The number of hydrogen-bond donors (Lipinski definition) is 1. The number of aromatic amines is 1. The van der Waals surface area contributed by atoms with Crippen LogP contribution in [0, 0.1) is 11.6 Å². The summed E-state index contributed by atoms with van der Waals surface area (Å²) in [7, 11) is 0. The number of aromatic nitrogens is 2. The Hall–Kier alpha value is -2.49. The van der Waals surface area contributed by atoms with Crippen molar-refractivity contribution in [2.24, 2.45) is 0 Å². The lowest BCUT2D eigenvalue weighted by molar-refractivity contribution is -0.292. The van der Waals surface area contributed by atoms with E-state index in [-0.39, 0.29) is 21.8 Å². The van der Waals surface area contributed by atoms with Crippen molar-refractivity contribution in [2.45, 2.75) is 12.1 Å². The van der Waals surface area contributed by atoms with E-state index in [2.05, 4.69) is 4.98 Å². The number of nitrogens with zero attached hydrogens (tertiary/aromatic N) is 1. The molecule has 3 rings (SSSR count). The monoisotopic (exact) mass is 398 g/mol. The molecule has 0 amide bonds. The molecule has 0 fully saturated rings. The zero-order valence-electron chi connectivity index (χ0n) is 12.3. The first-order valence-electron chi connectivity index (χ1n) is 6.76. The van der Waals surface area contributed by atoms with Crippen LogP contribution < -0.4 is 4.74 Å². The SMILES string of the molecule is Fc1ccc(Oc2cc3[nH]c(C(F)(F)C(F)(F)F)nc3cc2Cl)c(F)c1. The third kappa shape index (κ3) is 3.16. The summed E-state index contributed by atoms with van der Waals surface area (Å²) in [5.74, 6) is -9.42. The number of alkyl halides is 5. The highest BCUT2D eigenvalue weighted by molar-refractivity contribution is 6.32. The summed E-state index contributed by atoms with van der Waals surface area (Å²) in [6.45, 7) is 0. The quantitative estimate of drug-likeness (QED) is 0.554. The van der Waals surface area contributed by atoms with Crippen LogP contribution in [-0.2, 0) is 5.92 Å². The molecule has 2 aromatic carbocycles. The Morgan fingerprint density at radius 2 is 1.65 bits per heavy atom. The van der Waals surface area contributed by atoms with Crippen LogP contribution in [-0.4, -0.2) is 16.1 Å². The normalized spacial score (nSPS) is 12.6. The van der Waals surface area contributed by atoms with Gasteiger partial charge in [0.1, 0.15) is 11.6 Å².